The highest BCUT2D eigenvalue weighted by molar-refractivity contribution is 5.80. The van der Waals surface area contributed by atoms with E-state index in [2.05, 4.69) is 13.8 Å². The lowest BCUT2D eigenvalue weighted by Gasteiger charge is -2.40. The van der Waals surface area contributed by atoms with E-state index in [1.54, 1.807) is 0 Å². The Hall–Kier alpha value is -1.28. The third-order valence-electron chi connectivity index (χ3n) is 5.02. The van der Waals surface area contributed by atoms with Crippen LogP contribution >= 0.6 is 0 Å². The fraction of sp³-hybridized carbons (Fsp3) is 0.556. The fourth-order valence-electron chi connectivity index (χ4n) is 3.68. The van der Waals surface area contributed by atoms with E-state index in [4.69, 9.17) is 4.42 Å². The van der Waals surface area contributed by atoms with E-state index < -0.39 is 6.10 Å². The van der Waals surface area contributed by atoms with Gasteiger partial charge in [-0.3, -0.25) is 0 Å². The molecule has 0 saturated heterocycles. The average molecular weight is 272 g/mol. The second-order valence-electron chi connectivity index (χ2n) is 6.93. The number of rotatable bonds is 2. The van der Waals surface area contributed by atoms with Crippen molar-refractivity contribution in [1.29, 1.82) is 0 Å². The minimum atomic E-state index is -0.489. The molecule has 1 aromatic heterocycles. The van der Waals surface area contributed by atoms with Crippen LogP contribution in [0.5, 0.6) is 0 Å². The maximum absolute atomic E-state index is 10.8. The number of aryl methyl sites for hydroxylation is 1. The van der Waals surface area contributed by atoms with Crippen molar-refractivity contribution < 1.29 is 9.52 Å². The Labute approximate surface area is 120 Å². The van der Waals surface area contributed by atoms with Crippen LogP contribution in [0.1, 0.15) is 57.0 Å². The van der Waals surface area contributed by atoms with Crippen LogP contribution in [0.3, 0.4) is 0 Å². The van der Waals surface area contributed by atoms with E-state index in [1.165, 1.54) is 19.3 Å². The number of furan rings is 1. The van der Waals surface area contributed by atoms with Crippen molar-refractivity contribution in [2.75, 3.05) is 0 Å². The fourth-order valence-corrected chi connectivity index (χ4v) is 3.68. The van der Waals surface area contributed by atoms with E-state index >= 15 is 0 Å². The van der Waals surface area contributed by atoms with E-state index in [-0.39, 0.29) is 11.3 Å². The van der Waals surface area contributed by atoms with Gasteiger partial charge in [0.1, 0.15) is 17.4 Å². The molecule has 0 aliphatic heterocycles. The summed E-state index contributed by atoms with van der Waals surface area (Å²) < 4.78 is 5.96. The average Bonchev–Trinajstić information content (AvgIpc) is 2.83. The number of benzene rings is 1. The second kappa shape index (κ2) is 4.92. The highest BCUT2D eigenvalue weighted by Crippen LogP contribution is 2.47. The van der Waals surface area contributed by atoms with Gasteiger partial charge in [0.2, 0.25) is 0 Å². The normalized spacial score (nSPS) is 23.9. The zero-order chi connectivity index (χ0) is 14.3. The lowest BCUT2D eigenvalue weighted by molar-refractivity contribution is -0.00720. The Morgan fingerprint density at radius 2 is 2.10 bits per heavy atom. The van der Waals surface area contributed by atoms with E-state index in [9.17, 15) is 5.11 Å². The first kappa shape index (κ1) is 13.7. The minimum Gasteiger partial charge on any atom is -0.458 e. The first-order valence-electron chi connectivity index (χ1n) is 7.66. The molecule has 0 spiro atoms. The smallest absolute Gasteiger partial charge is 0.137 e. The lowest BCUT2D eigenvalue weighted by atomic mass is 9.66. The molecule has 1 aliphatic rings. The van der Waals surface area contributed by atoms with Crippen molar-refractivity contribution in [3.8, 4) is 0 Å². The standard InChI is InChI=1S/C18H24O2/c1-12-7-6-8-13-11-15(20-17(12)13)16(19)14-9-4-5-10-18(14,2)3/h6-8,11,14,16,19H,4-5,9-10H2,1-3H3. The highest BCUT2D eigenvalue weighted by atomic mass is 16.4. The van der Waals surface area contributed by atoms with Crippen LogP contribution in [0.4, 0.5) is 0 Å². The van der Waals surface area contributed by atoms with Crippen molar-refractivity contribution in [3.63, 3.8) is 0 Å². The Morgan fingerprint density at radius 1 is 1.30 bits per heavy atom. The number of aliphatic hydroxyl groups excluding tert-OH is 1. The zero-order valence-corrected chi connectivity index (χ0v) is 12.6. The molecular formula is C18H24O2. The summed E-state index contributed by atoms with van der Waals surface area (Å²) >= 11 is 0. The molecule has 1 aromatic carbocycles. The SMILES string of the molecule is Cc1cccc2cc(C(O)C3CCCCC3(C)C)oc12. The molecule has 1 fully saturated rings. The van der Waals surface area contributed by atoms with Crippen molar-refractivity contribution >= 4 is 11.0 Å². The van der Waals surface area contributed by atoms with Crippen molar-refractivity contribution in [1.82, 2.24) is 0 Å². The summed E-state index contributed by atoms with van der Waals surface area (Å²) in [6, 6.07) is 8.15. The van der Waals surface area contributed by atoms with Crippen LogP contribution in [-0.4, -0.2) is 5.11 Å². The number of aliphatic hydroxyl groups is 1. The molecule has 1 N–H and O–H groups in total. The molecule has 2 nitrogen and oxygen atoms in total. The molecular weight excluding hydrogens is 248 g/mol. The van der Waals surface area contributed by atoms with Crippen LogP contribution in [0.15, 0.2) is 28.7 Å². The predicted octanol–water partition coefficient (Wildman–Crippen LogP) is 4.99. The quantitative estimate of drug-likeness (QED) is 0.835. The molecule has 1 heterocycles. The van der Waals surface area contributed by atoms with Gasteiger partial charge in [-0.15, -0.1) is 0 Å². The largest absolute Gasteiger partial charge is 0.458 e. The third kappa shape index (κ3) is 2.26. The molecule has 108 valence electrons. The van der Waals surface area contributed by atoms with Crippen molar-refractivity contribution in [2.45, 2.75) is 52.6 Å². The minimum absolute atomic E-state index is 0.186. The van der Waals surface area contributed by atoms with E-state index in [1.807, 2.05) is 31.2 Å². The monoisotopic (exact) mass is 272 g/mol. The van der Waals surface area contributed by atoms with Gasteiger partial charge >= 0.3 is 0 Å². The van der Waals surface area contributed by atoms with Crippen molar-refractivity contribution in [3.05, 3.63) is 35.6 Å². The van der Waals surface area contributed by atoms with Gasteiger partial charge in [0.25, 0.3) is 0 Å². The topological polar surface area (TPSA) is 33.4 Å². The van der Waals surface area contributed by atoms with Crippen LogP contribution in [0.25, 0.3) is 11.0 Å². The molecule has 0 amide bonds. The molecule has 20 heavy (non-hydrogen) atoms. The van der Waals surface area contributed by atoms with Gasteiger partial charge in [0, 0.05) is 5.39 Å². The van der Waals surface area contributed by atoms with Gasteiger partial charge in [0.05, 0.1) is 0 Å². The summed E-state index contributed by atoms with van der Waals surface area (Å²) in [4.78, 5) is 0. The molecule has 2 atom stereocenters. The number of hydrogen-bond acceptors (Lipinski definition) is 2. The van der Waals surface area contributed by atoms with E-state index in [0.717, 1.165) is 28.7 Å². The van der Waals surface area contributed by atoms with Crippen molar-refractivity contribution in [2.24, 2.45) is 11.3 Å². The molecule has 1 saturated carbocycles. The summed E-state index contributed by atoms with van der Waals surface area (Å²) in [6.07, 6.45) is 4.27. The maximum Gasteiger partial charge on any atom is 0.137 e. The molecule has 0 bridgehead atoms. The highest BCUT2D eigenvalue weighted by Gasteiger charge is 2.38. The summed E-state index contributed by atoms with van der Waals surface area (Å²) in [5, 5.41) is 11.9. The predicted molar refractivity (Wildman–Crippen MR) is 81.6 cm³/mol. The molecule has 0 radical (unpaired) electrons. The number of hydrogen-bond donors (Lipinski definition) is 1. The zero-order valence-electron chi connectivity index (χ0n) is 12.6. The van der Waals surface area contributed by atoms with E-state index in [0.29, 0.717) is 0 Å². The molecule has 2 aromatic rings. The van der Waals surface area contributed by atoms with Gasteiger partial charge in [-0.25, -0.2) is 0 Å². The Bertz CT molecular complexity index is 609. The molecule has 2 heteroatoms. The van der Waals surface area contributed by atoms with Gasteiger partial charge < -0.3 is 9.52 Å². The Kier molecular flexibility index (Phi) is 3.37. The van der Waals surface area contributed by atoms with Gasteiger partial charge in [-0.2, -0.15) is 0 Å². The number of para-hydroxylation sites is 1. The van der Waals surface area contributed by atoms with Gasteiger partial charge in [0.15, 0.2) is 0 Å². The van der Waals surface area contributed by atoms with Crippen LogP contribution in [-0.2, 0) is 0 Å². The summed E-state index contributed by atoms with van der Waals surface area (Å²) in [5.74, 6) is 1.02. The Morgan fingerprint density at radius 3 is 2.80 bits per heavy atom. The first-order chi connectivity index (χ1) is 9.49. The lowest BCUT2D eigenvalue weighted by Crippen LogP contribution is -2.32. The molecule has 3 rings (SSSR count). The molecule has 1 aliphatic carbocycles. The summed E-state index contributed by atoms with van der Waals surface area (Å²) in [5.41, 5.74) is 2.23. The van der Waals surface area contributed by atoms with Crippen LogP contribution < -0.4 is 0 Å². The summed E-state index contributed by atoms with van der Waals surface area (Å²) in [6.45, 7) is 6.59. The summed E-state index contributed by atoms with van der Waals surface area (Å²) in [7, 11) is 0. The van der Waals surface area contributed by atoms with Gasteiger partial charge in [-0.1, -0.05) is 44.9 Å². The van der Waals surface area contributed by atoms with Crippen LogP contribution in [0.2, 0.25) is 0 Å². The van der Waals surface area contributed by atoms with Gasteiger partial charge in [-0.05, 0) is 42.7 Å². The Balaban J connectivity index is 1.95. The molecule has 2 unspecified atom stereocenters. The second-order valence-corrected chi connectivity index (χ2v) is 6.93. The maximum atomic E-state index is 10.8. The third-order valence-corrected chi connectivity index (χ3v) is 5.02. The van der Waals surface area contributed by atoms with Crippen LogP contribution in [0, 0.1) is 18.3 Å². The number of fused-ring (bicyclic) bond motifs is 1. The first-order valence-corrected chi connectivity index (χ1v) is 7.66.